The maximum Gasteiger partial charge on any atom is 0.345 e. The Hall–Kier alpha value is -1.06. The monoisotopic (exact) mass is 462 g/mol. The second-order valence-corrected chi connectivity index (χ2v) is 7.03. The summed E-state index contributed by atoms with van der Waals surface area (Å²) in [5.74, 6) is 2.76. The quantitative estimate of drug-likeness (QED) is 0.320. The van der Waals surface area contributed by atoms with Gasteiger partial charge in [-0.25, -0.2) is 9.48 Å². The van der Waals surface area contributed by atoms with Gasteiger partial charge in [-0.3, -0.25) is 9.56 Å². The molecule has 0 bridgehead atoms. The van der Waals surface area contributed by atoms with Crippen molar-refractivity contribution >= 4 is 29.9 Å². The van der Waals surface area contributed by atoms with Crippen molar-refractivity contribution in [3.63, 3.8) is 0 Å². The van der Waals surface area contributed by atoms with Crippen LogP contribution in [0.15, 0.2) is 9.79 Å². The molecule has 0 radical (unpaired) electrons. The molecule has 2 aliphatic rings. The first-order valence-electron chi connectivity index (χ1n) is 9.31. The lowest BCUT2D eigenvalue weighted by Crippen LogP contribution is -2.45. The number of aromatic nitrogens is 3. The number of aliphatic imine (C=N–C) groups is 1. The van der Waals surface area contributed by atoms with E-state index in [-0.39, 0.29) is 29.7 Å². The maximum absolute atomic E-state index is 12.3. The maximum atomic E-state index is 12.3. The summed E-state index contributed by atoms with van der Waals surface area (Å²) < 4.78 is 3.47. The van der Waals surface area contributed by atoms with E-state index in [9.17, 15) is 4.79 Å². The number of rotatable bonds is 4. The molecule has 25 heavy (non-hydrogen) atoms. The molecule has 1 aromatic rings. The van der Waals surface area contributed by atoms with Crippen LogP contribution in [0.25, 0.3) is 0 Å². The molecule has 8 heteroatoms. The molecule has 0 aromatic carbocycles. The minimum atomic E-state index is 0. The van der Waals surface area contributed by atoms with Gasteiger partial charge in [-0.05, 0) is 38.0 Å². The first-order valence-corrected chi connectivity index (χ1v) is 9.31. The predicted molar refractivity (Wildman–Crippen MR) is 111 cm³/mol. The van der Waals surface area contributed by atoms with Crippen molar-refractivity contribution in [3.8, 4) is 0 Å². The summed E-state index contributed by atoms with van der Waals surface area (Å²) in [6, 6.07) is 0. The SMILES string of the molecule is CN=C(NCCCn1nc2n(c1=O)CCCC2)N1CCC(C)CC1.I. The average Bonchev–Trinajstić information content (AvgIpc) is 2.93. The van der Waals surface area contributed by atoms with Crippen molar-refractivity contribution in [2.75, 3.05) is 26.7 Å². The number of nitrogens with one attached hydrogen (secondary N) is 1. The summed E-state index contributed by atoms with van der Waals surface area (Å²) in [5.41, 5.74) is 0.0547. The summed E-state index contributed by atoms with van der Waals surface area (Å²) in [7, 11) is 1.84. The van der Waals surface area contributed by atoms with Gasteiger partial charge >= 0.3 is 5.69 Å². The van der Waals surface area contributed by atoms with E-state index in [0.29, 0.717) is 6.54 Å². The van der Waals surface area contributed by atoms with Crippen LogP contribution in [0.1, 0.15) is 44.9 Å². The van der Waals surface area contributed by atoms with Gasteiger partial charge in [0.1, 0.15) is 5.82 Å². The first-order chi connectivity index (χ1) is 11.7. The van der Waals surface area contributed by atoms with Gasteiger partial charge < -0.3 is 10.2 Å². The smallest absolute Gasteiger partial charge is 0.345 e. The van der Waals surface area contributed by atoms with Crippen LogP contribution in [0.3, 0.4) is 0 Å². The highest BCUT2D eigenvalue weighted by atomic mass is 127. The van der Waals surface area contributed by atoms with E-state index in [1.807, 2.05) is 11.6 Å². The molecule has 0 unspecified atom stereocenters. The molecule has 142 valence electrons. The Bertz CT molecular complexity index is 630. The topological polar surface area (TPSA) is 67.5 Å². The van der Waals surface area contributed by atoms with E-state index in [1.165, 1.54) is 12.8 Å². The molecule has 1 N–H and O–H groups in total. The Morgan fingerprint density at radius 1 is 1.28 bits per heavy atom. The molecule has 0 amide bonds. The highest BCUT2D eigenvalue weighted by molar-refractivity contribution is 14.0. The van der Waals surface area contributed by atoms with Crippen LogP contribution in [-0.2, 0) is 19.5 Å². The number of nitrogens with zero attached hydrogens (tertiary/aromatic N) is 5. The third kappa shape index (κ3) is 4.98. The molecule has 0 atom stereocenters. The standard InChI is InChI=1S/C17H30N6O.HI/c1-14-7-12-21(13-8-14)16(18-2)19-9-5-11-23-17(24)22-10-4-3-6-15(22)20-23;/h14H,3-13H2,1-2H3,(H,18,19);1H. The van der Waals surface area contributed by atoms with E-state index in [2.05, 4.69) is 27.2 Å². The molecule has 0 aliphatic carbocycles. The first kappa shape index (κ1) is 20.3. The Kier molecular flexibility index (Phi) is 7.77. The normalized spacial score (nSPS) is 18.6. The predicted octanol–water partition coefficient (Wildman–Crippen LogP) is 1.70. The molecule has 1 saturated heterocycles. The van der Waals surface area contributed by atoms with Crippen LogP contribution in [-0.4, -0.2) is 51.9 Å². The molecule has 1 fully saturated rings. The Morgan fingerprint density at radius 2 is 2.04 bits per heavy atom. The van der Waals surface area contributed by atoms with E-state index in [4.69, 9.17) is 0 Å². The number of piperidine rings is 1. The van der Waals surface area contributed by atoms with Crippen molar-refractivity contribution in [3.05, 3.63) is 16.3 Å². The number of halogens is 1. The van der Waals surface area contributed by atoms with Gasteiger partial charge in [-0.2, -0.15) is 5.10 Å². The van der Waals surface area contributed by atoms with Gasteiger partial charge in [0.2, 0.25) is 0 Å². The van der Waals surface area contributed by atoms with Gasteiger partial charge in [0.25, 0.3) is 0 Å². The number of hydrogen-bond donors (Lipinski definition) is 1. The van der Waals surface area contributed by atoms with Gasteiger partial charge in [-0.1, -0.05) is 6.92 Å². The lowest BCUT2D eigenvalue weighted by atomic mass is 10.00. The molecule has 0 spiro atoms. The highest BCUT2D eigenvalue weighted by Crippen LogP contribution is 2.15. The summed E-state index contributed by atoms with van der Waals surface area (Å²) in [6.07, 6.45) is 6.50. The molecule has 3 rings (SSSR count). The molecule has 7 nitrogen and oxygen atoms in total. The van der Waals surface area contributed by atoms with Crippen LogP contribution in [0.2, 0.25) is 0 Å². The number of likely N-dealkylation sites (tertiary alicyclic amines) is 1. The van der Waals surface area contributed by atoms with Crippen molar-refractivity contribution in [1.82, 2.24) is 24.6 Å². The van der Waals surface area contributed by atoms with Crippen LogP contribution in [0.5, 0.6) is 0 Å². The molecular weight excluding hydrogens is 431 g/mol. The van der Waals surface area contributed by atoms with Gasteiger partial charge in [0, 0.05) is 46.2 Å². The third-order valence-electron chi connectivity index (χ3n) is 5.16. The zero-order chi connectivity index (χ0) is 16.9. The summed E-state index contributed by atoms with van der Waals surface area (Å²) in [4.78, 5) is 19.0. The van der Waals surface area contributed by atoms with Crippen LogP contribution in [0, 0.1) is 5.92 Å². The lowest BCUT2D eigenvalue weighted by molar-refractivity contribution is 0.273. The van der Waals surface area contributed by atoms with Crippen LogP contribution < -0.4 is 11.0 Å². The van der Waals surface area contributed by atoms with Gasteiger partial charge in [0.15, 0.2) is 5.96 Å². The minimum Gasteiger partial charge on any atom is -0.356 e. The second kappa shape index (κ2) is 9.59. The van der Waals surface area contributed by atoms with Gasteiger partial charge in [-0.15, -0.1) is 24.0 Å². The molecule has 1 aromatic heterocycles. The number of aryl methyl sites for hydroxylation is 2. The van der Waals surface area contributed by atoms with Crippen LogP contribution in [0.4, 0.5) is 0 Å². The molecular formula is C17H31IN6O. The zero-order valence-corrected chi connectivity index (χ0v) is 17.7. The largest absolute Gasteiger partial charge is 0.356 e. The second-order valence-electron chi connectivity index (χ2n) is 7.03. The lowest BCUT2D eigenvalue weighted by Gasteiger charge is -2.32. The number of guanidine groups is 1. The van der Waals surface area contributed by atoms with Crippen molar-refractivity contribution in [2.24, 2.45) is 10.9 Å². The van der Waals surface area contributed by atoms with Gasteiger partial charge in [0.05, 0.1) is 0 Å². The van der Waals surface area contributed by atoms with Crippen LogP contribution >= 0.6 is 24.0 Å². The number of fused-ring (bicyclic) bond motifs is 1. The molecule has 3 heterocycles. The third-order valence-corrected chi connectivity index (χ3v) is 5.16. The highest BCUT2D eigenvalue weighted by Gasteiger charge is 2.19. The summed E-state index contributed by atoms with van der Waals surface area (Å²) in [5, 5.41) is 7.92. The average molecular weight is 462 g/mol. The fraction of sp³-hybridized carbons (Fsp3) is 0.824. The van der Waals surface area contributed by atoms with E-state index in [0.717, 1.165) is 69.6 Å². The molecule has 2 aliphatic heterocycles. The van der Waals surface area contributed by atoms with E-state index >= 15 is 0 Å². The zero-order valence-electron chi connectivity index (χ0n) is 15.4. The minimum absolute atomic E-state index is 0. The van der Waals surface area contributed by atoms with Crippen molar-refractivity contribution in [1.29, 1.82) is 0 Å². The fourth-order valence-corrected chi connectivity index (χ4v) is 3.58. The Labute approximate surface area is 166 Å². The molecule has 0 saturated carbocycles. The Balaban J connectivity index is 0.00000225. The van der Waals surface area contributed by atoms with E-state index in [1.54, 1.807) is 4.68 Å². The van der Waals surface area contributed by atoms with E-state index < -0.39 is 0 Å². The summed E-state index contributed by atoms with van der Waals surface area (Å²) in [6.45, 7) is 6.78. The number of hydrogen-bond acceptors (Lipinski definition) is 3. The summed E-state index contributed by atoms with van der Waals surface area (Å²) >= 11 is 0. The fourth-order valence-electron chi connectivity index (χ4n) is 3.58. The van der Waals surface area contributed by atoms with Crippen molar-refractivity contribution in [2.45, 2.75) is 58.5 Å². The van der Waals surface area contributed by atoms with Crippen molar-refractivity contribution < 1.29 is 0 Å². The Morgan fingerprint density at radius 3 is 2.72 bits per heavy atom.